The Labute approximate surface area is 97.5 Å². The maximum atomic E-state index is 12.2. The minimum Gasteiger partial charge on any atom is -0.377 e. The summed E-state index contributed by atoms with van der Waals surface area (Å²) in [6.45, 7) is 5.57. The van der Waals surface area contributed by atoms with Gasteiger partial charge in [-0.05, 0) is 32.6 Å². The molecule has 2 aliphatic heterocycles. The smallest absolute Gasteiger partial charge is 0.320 e. The fourth-order valence-electron chi connectivity index (χ4n) is 2.64. The van der Waals surface area contributed by atoms with E-state index in [9.17, 15) is 4.79 Å². The predicted octanol–water partition coefficient (Wildman–Crippen LogP) is 1.70. The highest BCUT2D eigenvalue weighted by Crippen LogP contribution is 2.25. The Morgan fingerprint density at radius 3 is 2.38 bits per heavy atom. The Kier molecular flexibility index (Phi) is 3.38. The summed E-state index contributed by atoms with van der Waals surface area (Å²) in [4.78, 5) is 16.1. The molecule has 2 aliphatic rings. The van der Waals surface area contributed by atoms with Crippen molar-refractivity contribution in [2.24, 2.45) is 0 Å². The molecule has 0 N–H and O–H groups in total. The number of carbonyl (C=O) groups excluding carboxylic acids is 1. The van der Waals surface area contributed by atoms with Crippen molar-refractivity contribution in [2.45, 2.75) is 38.2 Å². The normalized spacial score (nSPS) is 30.9. The number of nitrogens with zero attached hydrogens (tertiary/aromatic N) is 2. The van der Waals surface area contributed by atoms with Crippen molar-refractivity contribution in [3.63, 3.8) is 0 Å². The lowest BCUT2D eigenvalue weighted by Gasteiger charge is -2.40. The van der Waals surface area contributed by atoms with Gasteiger partial charge in [-0.15, -0.1) is 0 Å². The molecule has 0 aliphatic carbocycles. The van der Waals surface area contributed by atoms with Gasteiger partial charge in [-0.3, -0.25) is 0 Å². The van der Waals surface area contributed by atoms with Crippen LogP contribution in [0.2, 0.25) is 0 Å². The summed E-state index contributed by atoms with van der Waals surface area (Å²) >= 11 is 0. The largest absolute Gasteiger partial charge is 0.377 e. The zero-order chi connectivity index (χ0) is 11.6. The first-order chi connectivity index (χ1) is 7.64. The molecular formula is C12H22N2O2. The van der Waals surface area contributed by atoms with Gasteiger partial charge in [0.15, 0.2) is 0 Å². The molecule has 2 amide bonds. The van der Waals surface area contributed by atoms with E-state index in [0.717, 1.165) is 51.9 Å². The Bertz CT molecular complexity index is 264. The quantitative estimate of drug-likeness (QED) is 0.682. The van der Waals surface area contributed by atoms with Crippen LogP contribution in [0.15, 0.2) is 0 Å². The molecule has 2 heterocycles. The van der Waals surface area contributed by atoms with Gasteiger partial charge in [0, 0.05) is 26.7 Å². The van der Waals surface area contributed by atoms with Gasteiger partial charge in [0.05, 0.1) is 12.1 Å². The van der Waals surface area contributed by atoms with Crippen LogP contribution in [0.25, 0.3) is 0 Å². The third kappa shape index (κ3) is 2.32. The molecule has 92 valence electrons. The summed E-state index contributed by atoms with van der Waals surface area (Å²) in [7, 11) is 1.74. The van der Waals surface area contributed by atoms with Crippen LogP contribution in [-0.2, 0) is 4.74 Å². The topological polar surface area (TPSA) is 32.8 Å². The first-order valence-electron chi connectivity index (χ1n) is 6.24. The molecule has 0 aromatic heterocycles. The van der Waals surface area contributed by atoms with Gasteiger partial charge in [-0.25, -0.2) is 4.79 Å². The van der Waals surface area contributed by atoms with Gasteiger partial charge >= 0.3 is 6.03 Å². The zero-order valence-corrected chi connectivity index (χ0v) is 10.4. The van der Waals surface area contributed by atoms with Gasteiger partial charge in [-0.2, -0.15) is 0 Å². The molecule has 0 saturated carbocycles. The molecule has 4 heteroatoms. The summed E-state index contributed by atoms with van der Waals surface area (Å²) in [5, 5.41) is 0. The molecule has 1 unspecified atom stereocenters. The Morgan fingerprint density at radius 2 is 1.75 bits per heavy atom. The van der Waals surface area contributed by atoms with E-state index in [1.807, 2.05) is 9.80 Å². The van der Waals surface area contributed by atoms with Gasteiger partial charge < -0.3 is 14.5 Å². The van der Waals surface area contributed by atoms with Crippen molar-refractivity contribution >= 4 is 6.03 Å². The minimum absolute atomic E-state index is 0.145. The maximum absolute atomic E-state index is 12.2. The summed E-state index contributed by atoms with van der Waals surface area (Å²) < 4.78 is 5.51. The van der Waals surface area contributed by atoms with Crippen molar-refractivity contribution in [1.82, 2.24) is 9.80 Å². The molecule has 0 bridgehead atoms. The second-order valence-corrected chi connectivity index (χ2v) is 5.16. The summed E-state index contributed by atoms with van der Waals surface area (Å²) in [5.74, 6) is 0. The average Bonchev–Trinajstić information content (AvgIpc) is 2.82. The van der Waals surface area contributed by atoms with E-state index in [0.29, 0.717) is 0 Å². The zero-order valence-electron chi connectivity index (χ0n) is 10.4. The van der Waals surface area contributed by atoms with Gasteiger partial charge in [0.2, 0.25) is 0 Å². The third-order valence-electron chi connectivity index (χ3n) is 3.80. The molecular weight excluding hydrogens is 204 g/mol. The highest BCUT2D eigenvalue weighted by atomic mass is 16.5. The lowest BCUT2D eigenvalue weighted by molar-refractivity contribution is -0.0427. The van der Waals surface area contributed by atoms with Crippen molar-refractivity contribution in [3.05, 3.63) is 0 Å². The number of rotatable bonds is 1. The molecule has 16 heavy (non-hydrogen) atoms. The fourth-order valence-corrected chi connectivity index (χ4v) is 2.64. The van der Waals surface area contributed by atoms with Crippen LogP contribution in [0.1, 0.15) is 32.6 Å². The molecule has 2 saturated heterocycles. The summed E-state index contributed by atoms with van der Waals surface area (Å²) in [5.41, 5.74) is -0.145. The summed E-state index contributed by atoms with van der Waals surface area (Å²) in [6, 6.07) is 0.209. The van der Waals surface area contributed by atoms with E-state index in [4.69, 9.17) is 4.74 Å². The monoisotopic (exact) mass is 226 g/mol. The van der Waals surface area contributed by atoms with Crippen LogP contribution in [0.3, 0.4) is 0 Å². The van der Waals surface area contributed by atoms with E-state index in [-0.39, 0.29) is 11.6 Å². The number of ether oxygens (including phenoxy) is 1. The number of hydrogen-bond donors (Lipinski definition) is 0. The van der Waals surface area contributed by atoms with E-state index in [1.165, 1.54) is 0 Å². The van der Waals surface area contributed by atoms with Crippen LogP contribution >= 0.6 is 0 Å². The predicted molar refractivity (Wildman–Crippen MR) is 62.4 cm³/mol. The van der Waals surface area contributed by atoms with E-state index >= 15 is 0 Å². The van der Waals surface area contributed by atoms with Crippen LogP contribution in [-0.4, -0.2) is 54.7 Å². The lowest BCUT2D eigenvalue weighted by Crippen LogP contribution is -2.53. The number of amides is 2. The highest BCUT2D eigenvalue weighted by Gasteiger charge is 2.35. The lowest BCUT2D eigenvalue weighted by atomic mass is 9.95. The number of piperidine rings is 1. The van der Waals surface area contributed by atoms with Crippen LogP contribution in [0, 0.1) is 0 Å². The standard InChI is InChI=1S/C12H22N2O2/c1-12(16-2)6-5-9-14(10-12)11(15)13-7-3-4-8-13/h3-10H2,1-2H3. The minimum atomic E-state index is -0.145. The van der Waals surface area contributed by atoms with Crippen LogP contribution < -0.4 is 0 Å². The molecule has 1 atom stereocenters. The Morgan fingerprint density at radius 1 is 1.12 bits per heavy atom. The van der Waals surface area contributed by atoms with E-state index < -0.39 is 0 Å². The molecule has 0 aromatic carbocycles. The molecule has 0 spiro atoms. The third-order valence-corrected chi connectivity index (χ3v) is 3.80. The Balaban J connectivity index is 1.95. The van der Waals surface area contributed by atoms with E-state index in [1.54, 1.807) is 7.11 Å². The van der Waals surface area contributed by atoms with Crippen molar-refractivity contribution in [2.75, 3.05) is 33.3 Å². The van der Waals surface area contributed by atoms with Gasteiger partial charge in [-0.1, -0.05) is 0 Å². The number of methoxy groups -OCH3 is 1. The second-order valence-electron chi connectivity index (χ2n) is 5.16. The number of hydrogen-bond acceptors (Lipinski definition) is 2. The second kappa shape index (κ2) is 4.62. The molecule has 4 nitrogen and oxygen atoms in total. The van der Waals surface area contributed by atoms with Crippen molar-refractivity contribution in [3.8, 4) is 0 Å². The highest BCUT2D eigenvalue weighted by molar-refractivity contribution is 5.75. The number of carbonyl (C=O) groups is 1. The van der Waals surface area contributed by atoms with Crippen molar-refractivity contribution in [1.29, 1.82) is 0 Å². The van der Waals surface area contributed by atoms with E-state index in [2.05, 4.69) is 6.92 Å². The van der Waals surface area contributed by atoms with Crippen LogP contribution in [0.4, 0.5) is 4.79 Å². The fraction of sp³-hybridized carbons (Fsp3) is 0.917. The average molecular weight is 226 g/mol. The molecule has 0 aromatic rings. The summed E-state index contributed by atoms with van der Waals surface area (Å²) in [6.07, 6.45) is 4.40. The van der Waals surface area contributed by atoms with Gasteiger partial charge in [0.1, 0.15) is 0 Å². The maximum Gasteiger partial charge on any atom is 0.320 e. The number of urea groups is 1. The SMILES string of the molecule is COC1(C)CCCN(C(=O)N2CCCC2)C1. The molecule has 2 fully saturated rings. The molecule has 0 radical (unpaired) electrons. The Hall–Kier alpha value is -0.770. The van der Waals surface area contributed by atoms with Gasteiger partial charge in [0.25, 0.3) is 0 Å². The first kappa shape index (κ1) is 11.7. The number of likely N-dealkylation sites (tertiary alicyclic amines) is 2. The van der Waals surface area contributed by atoms with Crippen LogP contribution in [0.5, 0.6) is 0 Å². The van der Waals surface area contributed by atoms with Crippen molar-refractivity contribution < 1.29 is 9.53 Å². The first-order valence-corrected chi connectivity index (χ1v) is 6.24. The molecule has 2 rings (SSSR count).